The Kier molecular flexibility index (Phi) is 6.30. The summed E-state index contributed by atoms with van der Waals surface area (Å²) in [4.78, 5) is 0. The number of hydrogen-bond donors (Lipinski definition) is 6. The Morgan fingerprint density at radius 3 is 2.04 bits per heavy atom. The first-order valence-electron chi connectivity index (χ1n) is 7.32. The maximum absolute atomic E-state index is 10.1. The monoisotopic (exact) mass is 340 g/mol. The Balaban J connectivity index is 2.10. The second-order valence-electron chi connectivity index (χ2n) is 5.72. The third kappa shape index (κ3) is 3.66. The number of ether oxygens (including phenoxy) is 4. The van der Waals surface area contributed by atoms with E-state index in [0.29, 0.717) is 0 Å². The average molecular weight is 340 g/mol. The Morgan fingerprint density at radius 1 is 0.826 bits per heavy atom. The van der Waals surface area contributed by atoms with Crippen molar-refractivity contribution >= 4 is 0 Å². The Hall–Kier alpha value is -0.400. The number of methoxy groups -OCH3 is 1. The van der Waals surface area contributed by atoms with Crippen LogP contribution in [0.15, 0.2) is 0 Å². The van der Waals surface area contributed by atoms with Crippen LogP contribution in [0.3, 0.4) is 0 Å². The van der Waals surface area contributed by atoms with E-state index in [4.69, 9.17) is 24.1 Å². The van der Waals surface area contributed by atoms with Gasteiger partial charge in [0.2, 0.25) is 0 Å². The van der Waals surface area contributed by atoms with Crippen LogP contribution in [0, 0.1) is 0 Å². The highest BCUT2D eigenvalue weighted by atomic mass is 16.8. The second-order valence-corrected chi connectivity index (χ2v) is 5.72. The lowest BCUT2D eigenvalue weighted by molar-refractivity contribution is -0.361. The van der Waals surface area contributed by atoms with Gasteiger partial charge in [-0.05, 0) is 6.92 Å². The minimum absolute atomic E-state index is 0.532. The molecule has 6 N–H and O–H groups in total. The molecule has 4 unspecified atom stereocenters. The summed E-state index contributed by atoms with van der Waals surface area (Å²) in [5, 5.41) is 58.5. The van der Waals surface area contributed by atoms with Crippen molar-refractivity contribution in [2.45, 2.75) is 68.3 Å². The summed E-state index contributed by atoms with van der Waals surface area (Å²) in [6.07, 6.45) is -12.9. The van der Waals surface area contributed by atoms with E-state index in [1.54, 1.807) is 0 Å². The van der Waals surface area contributed by atoms with Gasteiger partial charge in [0.1, 0.15) is 42.7 Å². The predicted molar refractivity (Wildman–Crippen MR) is 72.0 cm³/mol. The van der Waals surface area contributed by atoms with E-state index in [1.807, 2.05) is 0 Å². The van der Waals surface area contributed by atoms with Crippen molar-refractivity contribution in [3.05, 3.63) is 0 Å². The van der Waals surface area contributed by atoms with Gasteiger partial charge in [0.25, 0.3) is 0 Å². The summed E-state index contributed by atoms with van der Waals surface area (Å²) < 4.78 is 21.0. The van der Waals surface area contributed by atoms with Crippen molar-refractivity contribution in [2.75, 3.05) is 13.7 Å². The molecule has 2 heterocycles. The van der Waals surface area contributed by atoms with Crippen molar-refractivity contribution in [3.8, 4) is 0 Å². The SMILES string of the molecule is CO[C@@H]1OC(CO)[C@H](O)[C@H](O)C1O[C@@H]1OC(C)[C@@H](O)C(O)[C@@H]1O. The zero-order valence-corrected chi connectivity index (χ0v) is 12.8. The van der Waals surface area contributed by atoms with Crippen LogP contribution in [-0.2, 0) is 18.9 Å². The molecule has 2 saturated heterocycles. The Labute approximate surface area is 132 Å². The fraction of sp³-hybridized carbons (Fsp3) is 1.00. The third-order valence-corrected chi connectivity index (χ3v) is 4.16. The van der Waals surface area contributed by atoms with Crippen LogP contribution in [0.4, 0.5) is 0 Å². The van der Waals surface area contributed by atoms with Crippen LogP contribution in [0.5, 0.6) is 0 Å². The fourth-order valence-corrected chi connectivity index (χ4v) is 2.67. The van der Waals surface area contributed by atoms with E-state index in [2.05, 4.69) is 0 Å². The molecule has 0 spiro atoms. The minimum Gasteiger partial charge on any atom is -0.394 e. The smallest absolute Gasteiger partial charge is 0.187 e. The second kappa shape index (κ2) is 7.66. The van der Waals surface area contributed by atoms with Crippen molar-refractivity contribution in [2.24, 2.45) is 0 Å². The summed E-state index contributed by atoms with van der Waals surface area (Å²) >= 11 is 0. The molecule has 0 aliphatic carbocycles. The molecule has 0 amide bonds. The Morgan fingerprint density at radius 2 is 1.48 bits per heavy atom. The molecule has 10 heteroatoms. The summed E-state index contributed by atoms with van der Waals surface area (Å²) in [7, 11) is 1.28. The van der Waals surface area contributed by atoms with Crippen LogP contribution in [-0.4, -0.2) is 106 Å². The van der Waals surface area contributed by atoms with E-state index < -0.39 is 68.0 Å². The molecule has 2 aliphatic heterocycles. The highest BCUT2D eigenvalue weighted by Gasteiger charge is 2.49. The summed E-state index contributed by atoms with van der Waals surface area (Å²) in [5.74, 6) is 0. The van der Waals surface area contributed by atoms with E-state index in [1.165, 1.54) is 14.0 Å². The molecular weight excluding hydrogens is 316 g/mol. The number of rotatable bonds is 4. The molecular formula is C13H24O10. The topological polar surface area (TPSA) is 158 Å². The largest absolute Gasteiger partial charge is 0.394 e. The van der Waals surface area contributed by atoms with E-state index in [-0.39, 0.29) is 0 Å². The van der Waals surface area contributed by atoms with E-state index >= 15 is 0 Å². The molecule has 0 aromatic rings. The lowest BCUT2D eigenvalue weighted by Gasteiger charge is -2.45. The molecule has 0 bridgehead atoms. The quantitative estimate of drug-likeness (QED) is 0.300. The highest BCUT2D eigenvalue weighted by Crippen LogP contribution is 2.29. The third-order valence-electron chi connectivity index (χ3n) is 4.16. The first-order valence-corrected chi connectivity index (χ1v) is 7.32. The number of aliphatic hydroxyl groups excluding tert-OH is 6. The van der Waals surface area contributed by atoms with Gasteiger partial charge in [-0.2, -0.15) is 0 Å². The molecule has 0 aromatic carbocycles. The van der Waals surface area contributed by atoms with Gasteiger partial charge < -0.3 is 49.6 Å². The van der Waals surface area contributed by atoms with Gasteiger partial charge in [-0.15, -0.1) is 0 Å². The van der Waals surface area contributed by atoms with Crippen molar-refractivity contribution < 1.29 is 49.6 Å². The van der Waals surface area contributed by atoms with E-state index in [9.17, 15) is 25.5 Å². The minimum atomic E-state index is -1.57. The number of aliphatic hydroxyl groups is 6. The van der Waals surface area contributed by atoms with Crippen LogP contribution in [0.25, 0.3) is 0 Å². The molecule has 23 heavy (non-hydrogen) atoms. The van der Waals surface area contributed by atoms with E-state index in [0.717, 1.165) is 0 Å². The molecule has 2 rings (SSSR count). The molecule has 2 aliphatic rings. The normalized spacial score (nSPS) is 51.7. The van der Waals surface area contributed by atoms with Gasteiger partial charge in [0.15, 0.2) is 12.6 Å². The maximum atomic E-state index is 10.1. The van der Waals surface area contributed by atoms with Crippen LogP contribution < -0.4 is 0 Å². The van der Waals surface area contributed by atoms with Crippen molar-refractivity contribution in [1.29, 1.82) is 0 Å². The van der Waals surface area contributed by atoms with Crippen LogP contribution >= 0.6 is 0 Å². The van der Waals surface area contributed by atoms with Gasteiger partial charge in [0, 0.05) is 7.11 Å². The molecule has 136 valence electrons. The van der Waals surface area contributed by atoms with Crippen LogP contribution in [0.1, 0.15) is 6.92 Å². The zero-order valence-electron chi connectivity index (χ0n) is 12.8. The Bertz CT molecular complexity index is 380. The summed E-state index contributed by atoms with van der Waals surface area (Å²) in [6.45, 7) is 0.948. The number of hydrogen-bond acceptors (Lipinski definition) is 10. The average Bonchev–Trinajstić information content (AvgIpc) is 2.54. The maximum Gasteiger partial charge on any atom is 0.187 e. The first-order chi connectivity index (χ1) is 10.8. The lowest BCUT2D eigenvalue weighted by Crippen LogP contribution is -2.64. The predicted octanol–water partition coefficient (Wildman–Crippen LogP) is -3.72. The first kappa shape index (κ1) is 18.9. The molecule has 0 radical (unpaired) electrons. The molecule has 0 saturated carbocycles. The molecule has 2 fully saturated rings. The van der Waals surface area contributed by atoms with Gasteiger partial charge in [-0.3, -0.25) is 0 Å². The molecule has 0 aromatic heterocycles. The molecule has 10 atom stereocenters. The van der Waals surface area contributed by atoms with Gasteiger partial charge in [0.05, 0.1) is 12.7 Å². The highest BCUT2D eigenvalue weighted by molar-refractivity contribution is 4.92. The van der Waals surface area contributed by atoms with Crippen molar-refractivity contribution in [1.82, 2.24) is 0 Å². The lowest BCUT2D eigenvalue weighted by atomic mass is 9.97. The van der Waals surface area contributed by atoms with Gasteiger partial charge >= 0.3 is 0 Å². The summed E-state index contributed by atoms with van der Waals surface area (Å²) in [6, 6.07) is 0. The summed E-state index contributed by atoms with van der Waals surface area (Å²) in [5.41, 5.74) is 0. The van der Waals surface area contributed by atoms with Gasteiger partial charge in [-0.25, -0.2) is 0 Å². The van der Waals surface area contributed by atoms with Crippen LogP contribution in [0.2, 0.25) is 0 Å². The van der Waals surface area contributed by atoms with Gasteiger partial charge in [-0.1, -0.05) is 0 Å². The standard InChI is InChI=1S/C13H24O10/c1-4-6(15)8(17)10(19)12(21-4)23-11-9(18)7(16)5(3-14)22-13(11)20-2/h4-19H,3H2,1-2H3/t4?,5?,6-,7+,8?,9+,10+,11?,12+,13-/m1/s1. The molecule has 10 nitrogen and oxygen atoms in total. The fourth-order valence-electron chi connectivity index (χ4n) is 2.67. The zero-order chi connectivity index (χ0) is 17.3. The van der Waals surface area contributed by atoms with Crippen molar-refractivity contribution in [3.63, 3.8) is 0 Å².